The van der Waals surface area contributed by atoms with Crippen molar-refractivity contribution in [3.8, 4) is 0 Å². The number of hydrogen-bond acceptors (Lipinski definition) is 3. The molecule has 2 N–H and O–H groups in total. The number of hydrogen-bond donors (Lipinski definition) is 2. The number of nitrogens with one attached hydrogen (secondary N) is 1. The number of carboxylic acid groups (broad SMARTS) is 1. The van der Waals surface area contributed by atoms with E-state index >= 15 is 0 Å². The second kappa shape index (κ2) is 5.60. The Morgan fingerprint density at radius 3 is 2.81 bits per heavy atom. The minimum atomic E-state index is -1.05. The van der Waals surface area contributed by atoms with Gasteiger partial charge >= 0.3 is 5.97 Å². The van der Waals surface area contributed by atoms with Crippen LogP contribution in [-0.4, -0.2) is 28.0 Å². The summed E-state index contributed by atoms with van der Waals surface area (Å²) in [6, 6.07) is 2.31. The van der Waals surface area contributed by atoms with Crippen molar-refractivity contribution in [2.24, 2.45) is 0 Å². The maximum Gasteiger partial charge on any atom is 0.326 e. The van der Waals surface area contributed by atoms with Gasteiger partial charge < -0.3 is 10.4 Å². The topological polar surface area (TPSA) is 79.3 Å². The van der Waals surface area contributed by atoms with Crippen LogP contribution in [0.5, 0.6) is 0 Å². The quantitative estimate of drug-likeness (QED) is 0.821. The Kier molecular flexibility index (Phi) is 4.42. The molecule has 1 rings (SSSR count). The van der Waals surface area contributed by atoms with E-state index in [2.05, 4.69) is 26.2 Å². The Morgan fingerprint density at radius 1 is 1.62 bits per heavy atom. The number of nitrogens with zero attached hydrogens (tertiary/aromatic N) is 1. The molecular weight excluding hydrogens is 276 g/mol. The highest BCUT2D eigenvalue weighted by Gasteiger charge is 2.19. The molecule has 0 aliphatic heterocycles. The molecule has 5 nitrogen and oxygen atoms in total. The van der Waals surface area contributed by atoms with Crippen LogP contribution >= 0.6 is 15.9 Å². The molecule has 0 aliphatic rings. The Morgan fingerprint density at radius 2 is 2.31 bits per heavy atom. The highest BCUT2D eigenvalue weighted by atomic mass is 79.9. The molecule has 0 fully saturated rings. The predicted octanol–water partition coefficient (Wildman–Crippen LogP) is 1.44. The normalized spacial score (nSPS) is 11.9. The van der Waals surface area contributed by atoms with Crippen LogP contribution in [0.15, 0.2) is 22.9 Å². The van der Waals surface area contributed by atoms with Gasteiger partial charge in [0.25, 0.3) is 5.91 Å². The Balaban J connectivity index is 2.80. The van der Waals surface area contributed by atoms with Crippen LogP contribution in [0.1, 0.15) is 23.7 Å². The third-order valence-electron chi connectivity index (χ3n) is 2.02. The highest BCUT2D eigenvalue weighted by molar-refractivity contribution is 9.10. The standard InChI is InChI=1S/C10H11BrN2O3/c1-2-7(10(15)16)13-9(14)6-4-3-5-12-8(6)11/h3-5,7H,2H2,1H3,(H,13,14)(H,15,16)/t7-/m0/s1. The number of carbonyl (C=O) groups excluding carboxylic acids is 1. The van der Waals surface area contributed by atoms with Gasteiger partial charge in [0.15, 0.2) is 0 Å². The first-order valence-electron chi connectivity index (χ1n) is 4.70. The van der Waals surface area contributed by atoms with Gasteiger partial charge in [-0.3, -0.25) is 4.79 Å². The second-order valence-electron chi connectivity index (χ2n) is 3.11. The van der Waals surface area contributed by atoms with Gasteiger partial charge in [0, 0.05) is 6.20 Å². The lowest BCUT2D eigenvalue weighted by Gasteiger charge is -2.12. The van der Waals surface area contributed by atoms with Crippen LogP contribution in [0, 0.1) is 0 Å². The lowest BCUT2D eigenvalue weighted by molar-refractivity contribution is -0.139. The lowest BCUT2D eigenvalue weighted by Crippen LogP contribution is -2.40. The van der Waals surface area contributed by atoms with Crippen molar-refractivity contribution in [1.82, 2.24) is 10.3 Å². The van der Waals surface area contributed by atoms with E-state index in [1.54, 1.807) is 19.1 Å². The van der Waals surface area contributed by atoms with Crippen LogP contribution in [-0.2, 0) is 4.79 Å². The summed E-state index contributed by atoms with van der Waals surface area (Å²) in [5.74, 6) is -1.50. The molecule has 16 heavy (non-hydrogen) atoms. The molecule has 0 aromatic carbocycles. The summed E-state index contributed by atoms with van der Waals surface area (Å²) in [4.78, 5) is 26.3. The summed E-state index contributed by atoms with van der Waals surface area (Å²) in [5, 5.41) is 11.2. The van der Waals surface area contributed by atoms with E-state index in [4.69, 9.17) is 5.11 Å². The minimum absolute atomic E-state index is 0.321. The Hall–Kier alpha value is -1.43. The number of aromatic nitrogens is 1. The fourth-order valence-electron chi connectivity index (χ4n) is 1.13. The maximum absolute atomic E-state index is 11.7. The maximum atomic E-state index is 11.7. The van der Waals surface area contributed by atoms with Gasteiger partial charge in [0.2, 0.25) is 0 Å². The molecule has 1 aromatic heterocycles. The monoisotopic (exact) mass is 286 g/mol. The molecule has 0 aliphatic carbocycles. The number of carboxylic acids is 1. The summed E-state index contributed by atoms with van der Waals surface area (Å²) >= 11 is 3.13. The SMILES string of the molecule is CC[C@H](NC(=O)c1cccnc1Br)C(=O)O. The fourth-order valence-corrected chi connectivity index (χ4v) is 1.56. The molecule has 1 aromatic rings. The lowest BCUT2D eigenvalue weighted by atomic mass is 10.2. The zero-order valence-electron chi connectivity index (χ0n) is 8.61. The van der Waals surface area contributed by atoms with Gasteiger partial charge in [-0.05, 0) is 34.5 Å². The van der Waals surface area contributed by atoms with E-state index in [1.165, 1.54) is 6.20 Å². The number of aliphatic carboxylic acids is 1. The Bertz CT molecular complexity index is 409. The van der Waals surface area contributed by atoms with Gasteiger partial charge in [-0.2, -0.15) is 0 Å². The van der Waals surface area contributed by atoms with Crippen LogP contribution in [0.4, 0.5) is 0 Å². The van der Waals surface area contributed by atoms with Crippen molar-refractivity contribution in [1.29, 1.82) is 0 Å². The second-order valence-corrected chi connectivity index (χ2v) is 3.87. The number of pyridine rings is 1. The summed E-state index contributed by atoms with van der Waals surface area (Å²) in [7, 11) is 0. The Labute approximate surface area is 101 Å². The van der Waals surface area contributed by atoms with E-state index in [9.17, 15) is 9.59 Å². The average Bonchev–Trinajstić information content (AvgIpc) is 2.25. The van der Waals surface area contributed by atoms with Crippen LogP contribution in [0.25, 0.3) is 0 Å². The van der Waals surface area contributed by atoms with Crippen LogP contribution in [0.2, 0.25) is 0 Å². The number of rotatable bonds is 4. The van der Waals surface area contributed by atoms with Crippen LogP contribution in [0.3, 0.4) is 0 Å². The summed E-state index contributed by atoms with van der Waals surface area (Å²) in [5.41, 5.74) is 0.321. The minimum Gasteiger partial charge on any atom is -0.480 e. The van der Waals surface area contributed by atoms with E-state index in [0.717, 1.165) is 0 Å². The summed E-state index contributed by atoms with van der Waals surface area (Å²) in [6.07, 6.45) is 1.87. The molecule has 1 heterocycles. The first-order chi connectivity index (χ1) is 7.56. The molecule has 1 amide bonds. The summed E-state index contributed by atoms with van der Waals surface area (Å²) < 4.78 is 0.396. The van der Waals surface area contributed by atoms with E-state index in [1.807, 2.05) is 0 Å². The zero-order valence-corrected chi connectivity index (χ0v) is 10.2. The van der Waals surface area contributed by atoms with Crippen molar-refractivity contribution in [2.45, 2.75) is 19.4 Å². The van der Waals surface area contributed by atoms with Gasteiger partial charge in [-0.15, -0.1) is 0 Å². The number of halogens is 1. The predicted molar refractivity (Wildman–Crippen MR) is 61.1 cm³/mol. The molecule has 0 spiro atoms. The average molecular weight is 287 g/mol. The molecular formula is C10H11BrN2O3. The van der Waals surface area contributed by atoms with E-state index < -0.39 is 17.9 Å². The van der Waals surface area contributed by atoms with E-state index in [0.29, 0.717) is 16.6 Å². The molecule has 0 radical (unpaired) electrons. The van der Waals surface area contributed by atoms with Gasteiger partial charge in [-0.25, -0.2) is 9.78 Å². The third-order valence-corrected chi connectivity index (χ3v) is 2.65. The number of carbonyl (C=O) groups is 2. The zero-order chi connectivity index (χ0) is 12.1. The first-order valence-corrected chi connectivity index (χ1v) is 5.49. The fraction of sp³-hybridized carbons (Fsp3) is 0.300. The molecule has 1 atom stereocenters. The largest absolute Gasteiger partial charge is 0.480 e. The van der Waals surface area contributed by atoms with Crippen LogP contribution < -0.4 is 5.32 Å². The smallest absolute Gasteiger partial charge is 0.326 e. The van der Waals surface area contributed by atoms with Gasteiger partial charge in [0.1, 0.15) is 10.6 Å². The molecule has 0 unspecified atom stereocenters. The first kappa shape index (κ1) is 12.6. The van der Waals surface area contributed by atoms with Crippen molar-refractivity contribution in [3.63, 3.8) is 0 Å². The van der Waals surface area contributed by atoms with Crippen molar-refractivity contribution in [2.75, 3.05) is 0 Å². The summed E-state index contributed by atoms with van der Waals surface area (Å²) in [6.45, 7) is 1.69. The van der Waals surface area contributed by atoms with Crippen molar-refractivity contribution >= 4 is 27.8 Å². The third kappa shape index (κ3) is 3.03. The molecule has 6 heteroatoms. The van der Waals surface area contributed by atoms with Gasteiger partial charge in [-0.1, -0.05) is 6.92 Å². The molecule has 0 bridgehead atoms. The van der Waals surface area contributed by atoms with E-state index in [-0.39, 0.29) is 0 Å². The van der Waals surface area contributed by atoms with Crippen molar-refractivity contribution in [3.05, 3.63) is 28.5 Å². The molecule has 0 saturated heterocycles. The molecule has 86 valence electrons. The highest BCUT2D eigenvalue weighted by Crippen LogP contribution is 2.12. The molecule has 0 saturated carbocycles. The van der Waals surface area contributed by atoms with Gasteiger partial charge in [0.05, 0.1) is 5.56 Å². The van der Waals surface area contributed by atoms with Crippen molar-refractivity contribution < 1.29 is 14.7 Å². The number of amides is 1.